The monoisotopic (exact) mass is 231 g/mol. The summed E-state index contributed by atoms with van der Waals surface area (Å²) in [6, 6.07) is 0. The standard InChI is InChI=1S/C9H11Cl2N3/c10-9(11)1-2-14(6-9)5-8-3-12-7-13-4-8/h3-4,7H,1-2,5-6H2. The van der Waals surface area contributed by atoms with Crippen LogP contribution < -0.4 is 0 Å². The van der Waals surface area contributed by atoms with Crippen LogP contribution in [-0.2, 0) is 6.54 Å². The molecule has 1 aliphatic heterocycles. The summed E-state index contributed by atoms with van der Waals surface area (Å²) in [5, 5.41) is 0. The maximum absolute atomic E-state index is 6.02. The van der Waals surface area contributed by atoms with Crippen LogP contribution in [0.3, 0.4) is 0 Å². The minimum Gasteiger partial charge on any atom is -0.296 e. The van der Waals surface area contributed by atoms with Crippen molar-refractivity contribution in [3.8, 4) is 0 Å². The van der Waals surface area contributed by atoms with Crippen molar-refractivity contribution in [1.82, 2.24) is 14.9 Å². The Bertz CT molecular complexity index is 302. The average molecular weight is 232 g/mol. The van der Waals surface area contributed by atoms with Crippen molar-refractivity contribution in [1.29, 1.82) is 0 Å². The third-order valence-corrected chi connectivity index (χ3v) is 2.89. The van der Waals surface area contributed by atoms with Crippen LogP contribution in [0.15, 0.2) is 18.7 Å². The van der Waals surface area contributed by atoms with Crippen molar-refractivity contribution in [3.63, 3.8) is 0 Å². The Balaban J connectivity index is 1.94. The topological polar surface area (TPSA) is 29.0 Å². The van der Waals surface area contributed by atoms with Gasteiger partial charge in [0.2, 0.25) is 0 Å². The van der Waals surface area contributed by atoms with Gasteiger partial charge in [0.05, 0.1) is 0 Å². The van der Waals surface area contributed by atoms with Crippen molar-refractivity contribution in [3.05, 3.63) is 24.3 Å². The Hall–Kier alpha value is -0.380. The van der Waals surface area contributed by atoms with E-state index in [-0.39, 0.29) is 0 Å². The first-order chi connectivity index (χ1) is 6.66. The second-order valence-corrected chi connectivity index (χ2v) is 5.20. The summed E-state index contributed by atoms with van der Waals surface area (Å²) in [4.78, 5) is 10.1. The first-order valence-electron chi connectivity index (χ1n) is 4.50. The van der Waals surface area contributed by atoms with E-state index in [0.29, 0.717) is 6.54 Å². The lowest BCUT2D eigenvalue weighted by Gasteiger charge is -2.16. The van der Waals surface area contributed by atoms with Crippen molar-refractivity contribution >= 4 is 23.2 Å². The van der Waals surface area contributed by atoms with Gasteiger partial charge in [0.1, 0.15) is 10.7 Å². The molecule has 0 atom stereocenters. The molecule has 3 nitrogen and oxygen atoms in total. The summed E-state index contributed by atoms with van der Waals surface area (Å²) in [6.07, 6.45) is 5.98. The zero-order valence-electron chi connectivity index (χ0n) is 7.66. The minimum atomic E-state index is -0.574. The summed E-state index contributed by atoms with van der Waals surface area (Å²) in [7, 11) is 0. The van der Waals surface area contributed by atoms with E-state index < -0.39 is 4.33 Å². The molecule has 0 saturated carbocycles. The van der Waals surface area contributed by atoms with E-state index in [2.05, 4.69) is 14.9 Å². The molecule has 1 fully saturated rings. The maximum atomic E-state index is 6.02. The fraction of sp³-hybridized carbons (Fsp3) is 0.556. The maximum Gasteiger partial charge on any atom is 0.132 e. The third-order valence-electron chi connectivity index (χ3n) is 2.27. The molecular weight excluding hydrogens is 221 g/mol. The van der Waals surface area contributed by atoms with Crippen molar-refractivity contribution < 1.29 is 0 Å². The molecule has 1 aromatic heterocycles. The molecule has 2 heterocycles. The van der Waals surface area contributed by atoms with Crippen LogP contribution in [-0.4, -0.2) is 32.3 Å². The SMILES string of the molecule is ClC1(Cl)CCN(Cc2cncnc2)C1. The largest absolute Gasteiger partial charge is 0.296 e. The molecule has 2 rings (SSSR count). The Morgan fingerprint density at radius 1 is 1.36 bits per heavy atom. The van der Waals surface area contributed by atoms with Gasteiger partial charge in [-0.3, -0.25) is 4.90 Å². The van der Waals surface area contributed by atoms with Gasteiger partial charge in [0.25, 0.3) is 0 Å². The van der Waals surface area contributed by atoms with Gasteiger partial charge >= 0.3 is 0 Å². The molecule has 0 amide bonds. The molecule has 0 aliphatic carbocycles. The Morgan fingerprint density at radius 3 is 2.64 bits per heavy atom. The number of alkyl halides is 2. The van der Waals surface area contributed by atoms with Crippen LogP contribution in [0.5, 0.6) is 0 Å². The van der Waals surface area contributed by atoms with Gasteiger partial charge in [0, 0.05) is 37.6 Å². The number of rotatable bonds is 2. The van der Waals surface area contributed by atoms with Gasteiger partial charge in [0.15, 0.2) is 0 Å². The molecule has 0 bridgehead atoms. The van der Waals surface area contributed by atoms with Crippen LogP contribution in [0.25, 0.3) is 0 Å². The van der Waals surface area contributed by atoms with E-state index >= 15 is 0 Å². The highest BCUT2D eigenvalue weighted by Crippen LogP contribution is 2.32. The zero-order valence-corrected chi connectivity index (χ0v) is 9.17. The molecule has 76 valence electrons. The van der Waals surface area contributed by atoms with Gasteiger partial charge in [-0.15, -0.1) is 23.2 Å². The highest BCUT2D eigenvalue weighted by atomic mass is 35.5. The van der Waals surface area contributed by atoms with E-state index in [9.17, 15) is 0 Å². The van der Waals surface area contributed by atoms with E-state index in [1.165, 1.54) is 6.33 Å². The smallest absolute Gasteiger partial charge is 0.132 e. The fourth-order valence-corrected chi connectivity index (χ4v) is 2.12. The second-order valence-electron chi connectivity index (χ2n) is 3.56. The molecule has 5 heteroatoms. The second kappa shape index (κ2) is 4.01. The third kappa shape index (κ3) is 2.56. The van der Waals surface area contributed by atoms with E-state index in [0.717, 1.165) is 25.1 Å². The molecule has 1 aromatic rings. The van der Waals surface area contributed by atoms with Crippen LogP contribution in [0.1, 0.15) is 12.0 Å². The molecule has 0 aromatic carbocycles. The quantitative estimate of drug-likeness (QED) is 0.728. The average Bonchev–Trinajstić information content (AvgIpc) is 2.47. The van der Waals surface area contributed by atoms with Crippen molar-refractivity contribution in [2.24, 2.45) is 0 Å². The summed E-state index contributed by atoms with van der Waals surface area (Å²) in [6.45, 7) is 2.47. The number of nitrogens with zero attached hydrogens (tertiary/aromatic N) is 3. The highest BCUT2D eigenvalue weighted by Gasteiger charge is 2.33. The molecule has 0 N–H and O–H groups in total. The molecule has 1 saturated heterocycles. The Morgan fingerprint density at radius 2 is 2.07 bits per heavy atom. The number of hydrogen-bond acceptors (Lipinski definition) is 3. The summed E-state index contributed by atoms with van der Waals surface area (Å²) >= 11 is 12.0. The number of aromatic nitrogens is 2. The van der Waals surface area contributed by atoms with Crippen LogP contribution in [0, 0.1) is 0 Å². The highest BCUT2D eigenvalue weighted by molar-refractivity contribution is 6.48. The summed E-state index contributed by atoms with van der Waals surface area (Å²) in [5.74, 6) is 0. The normalized spacial score (nSPS) is 21.3. The summed E-state index contributed by atoms with van der Waals surface area (Å²) < 4.78 is -0.574. The lowest BCUT2D eigenvalue weighted by Crippen LogP contribution is -2.23. The molecule has 0 radical (unpaired) electrons. The Labute approximate surface area is 93.1 Å². The van der Waals surface area contributed by atoms with Crippen LogP contribution in [0.4, 0.5) is 0 Å². The summed E-state index contributed by atoms with van der Waals surface area (Å²) in [5.41, 5.74) is 1.10. The lowest BCUT2D eigenvalue weighted by atomic mass is 10.3. The van der Waals surface area contributed by atoms with E-state index in [4.69, 9.17) is 23.2 Å². The number of hydrogen-bond donors (Lipinski definition) is 0. The van der Waals surface area contributed by atoms with Gasteiger partial charge in [-0.1, -0.05) is 0 Å². The number of halogens is 2. The first kappa shape index (κ1) is 10.1. The van der Waals surface area contributed by atoms with E-state index in [1.54, 1.807) is 0 Å². The molecule has 14 heavy (non-hydrogen) atoms. The first-order valence-corrected chi connectivity index (χ1v) is 5.25. The predicted molar refractivity (Wildman–Crippen MR) is 56.4 cm³/mol. The van der Waals surface area contributed by atoms with Gasteiger partial charge in [-0.05, 0) is 6.42 Å². The molecule has 1 aliphatic rings. The molecular formula is C9H11Cl2N3. The predicted octanol–water partition coefficient (Wildman–Crippen LogP) is 1.86. The minimum absolute atomic E-state index is 0.574. The van der Waals surface area contributed by atoms with Crippen molar-refractivity contribution in [2.45, 2.75) is 17.3 Å². The zero-order chi connectivity index (χ0) is 10.0. The lowest BCUT2D eigenvalue weighted by molar-refractivity contribution is 0.329. The van der Waals surface area contributed by atoms with Gasteiger partial charge in [-0.2, -0.15) is 0 Å². The van der Waals surface area contributed by atoms with Gasteiger partial charge in [-0.25, -0.2) is 9.97 Å². The fourth-order valence-electron chi connectivity index (χ4n) is 1.61. The van der Waals surface area contributed by atoms with E-state index in [1.807, 2.05) is 12.4 Å². The van der Waals surface area contributed by atoms with Gasteiger partial charge < -0.3 is 0 Å². The van der Waals surface area contributed by atoms with Crippen molar-refractivity contribution in [2.75, 3.05) is 13.1 Å². The van der Waals surface area contributed by atoms with Crippen LogP contribution >= 0.6 is 23.2 Å². The molecule has 0 unspecified atom stereocenters. The molecule has 0 spiro atoms. The van der Waals surface area contributed by atoms with Crippen LogP contribution in [0.2, 0.25) is 0 Å². The Kier molecular flexibility index (Phi) is 2.91. The number of likely N-dealkylation sites (tertiary alicyclic amines) is 1.